The van der Waals surface area contributed by atoms with Gasteiger partial charge in [-0.05, 0) is 19.1 Å². The molecule has 0 saturated heterocycles. The standard InChI is InChI=1S/C13H16N4O4/c1-8(18)10(13(20)21)15-11(19)9-7-14-16(2)12(9)17-5-3-4-6-17/h3-8,10,18H,1-2H3,(H,15,19)(H,20,21). The summed E-state index contributed by atoms with van der Waals surface area (Å²) in [6, 6.07) is 2.21. The summed E-state index contributed by atoms with van der Waals surface area (Å²) >= 11 is 0. The highest BCUT2D eigenvalue weighted by Crippen LogP contribution is 2.14. The quantitative estimate of drug-likeness (QED) is 0.705. The molecule has 0 spiro atoms. The number of aliphatic hydroxyl groups excluding tert-OH is 1. The van der Waals surface area contributed by atoms with Gasteiger partial charge < -0.3 is 20.1 Å². The van der Waals surface area contributed by atoms with Crippen LogP contribution in [-0.2, 0) is 11.8 Å². The first kappa shape index (κ1) is 14.8. The Morgan fingerprint density at radius 2 is 1.95 bits per heavy atom. The summed E-state index contributed by atoms with van der Waals surface area (Å²) in [7, 11) is 1.68. The van der Waals surface area contributed by atoms with Gasteiger partial charge in [-0.2, -0.15) is 5.10 Å². The highest BCUT2D eigenvalue weighted by atomic mass is 16.4. The average Bonchev–Trinajstić information content (AvgIpc) is 3.03. The van der Waals surface area contributed by atoms with E-state index in [1.54, 1.807) is 36.1 Å². The molecule has 0 aliphatic rings. The van der Waals surface area contributed by atoms with Crippen LogP contribution in [-0.4, -0.2) is 48.6 Å². The van der Waals surface area contributed by atoms with Crippen molar-refractivity contribution in [3.8, 4) is 5.82 Å². The molecule has 3 N–H and O–H groups in total. The summed E-state index contributed by atoms with van der Waals surface area (Å²) in [5, 5.41) is 24.7. The third-order valence-electron chi connectivity index (χ3n) is 3.04. The number of aliphatic hydroxyl groups is 1. The van der Waals surface area contributed by atoms with E-state index >= 15 is 0 Å². The van der Waals surface area contributed by atoms with E-state index in [0.29, 0.717) is 5.82 Å². The fourth-order valence-electron chi connectivity index (χ4n) is 1.98. The number of aromatic nitrogens is 3. The van der Waals surface area contributed by atoms with Gasteiger partial charge in [-0.25, -0.2) is 4.79 Å². The minimum Gasteiger partial charge on any atom is -0.480 e. The van der Waals surface area contributed by atoms with Crippen molar-refractivity contribution in [3.05, 3.63) is 36.3 Å². The molecule has 8 heteroatoms. The van der Waals surface area contributed by atoms with Crippen molar-refractivity contribution in [2.75, 3.05) is 0 Å². The normalized spacial score (nSPS) is 13.7. The Kier molecular flexibility index (Phi) is 4.08. The monoisotopic (exact) mass is 292 g/mol. The molecule has 2 rings (SSSR count). The zero-order valence-corrected chi connectivity index (χ0v) is 11.6. The first-order valence-corrected chi connectivity index (χ1v) is 6.29. The SMILES string of the molecule is CC(O)C(NC(=O)c1cnn(C)c1-n1cccc1)C(=O)O. The molecule has 0 fully saturated rings. The Bertz CT molecular complexity index is 645. The maximum absolute atomic E-state index is 12.2. The van der Waals surface area contributed by atoms with Gasteiger partial charge in [0.15, 0.2) is 6.04 Å². The predicted molar refractivity (Wildman–Crippen MR) is 73.1 cm³/mol. The molecule has 0 aromatic carbocycles. The molecule has 2 unspecified atom stereocenters. The number of nitrogens with zero attached hydrogens (tertiary/aromatic N) is 3. The smallest absolute Gasteiger partial charge is 0.328 e. The molecule has 0 aliphatic carbocycles. The van der Waals surface area contributed by atoms with Gasteiger partial charge in [0.2, 0.25) is 0 Å². The molecule has 8 nitrogen and oxygen atoms in total. The number of amides is 1. The van der Waals surface area contributed by atoms with Gasteiger partial charge in [-0.1, -0.05) is 0 Å². The summed E-state index contributed by atoms with van der Waals surface area (Å²) in [4.78, 5) is 23.3. The van der Waals surface area contributed by atoms with E-state index in [9.17, 15) is 14.7 Å². The molecule has 112 valence electrons. The van der Waals surface area contributed by atoms with E-state index in [1.807, 2.05) is 0 Å². The molecular weight excluding hydrogens is 276 g/mol. The summed E-state index contributed by atoms with van der Waals surface area (Å²) in [6.45, 7) is 1.30. The van der Waals surface area contributed by atoms with Crippen molar-refractivity contribution in [3.63, 3.8) is 0 Å². The van der Waals surface area contributed by atoms with Crippen LogP contribution in [0, 0.1) is 0 Å². The van der Waals surface area contributed by atoms with Crippen LogP contribution in [0.4, 0.5) is 0 Å². The molecule has 0 radical (unpaired) electrons. The highest BCUT2D eigenvalue weighted by Gasteiger charge is 2.27. The van der Waals surface area contributed by atoms with Gasteiger partial charge >= 0.3 is 5.97 Å². The molecule has 21 heavy (non-hydrogen) atoms. The number of hydrogen-bond acceptors (Lipinski definition) is 4. The van der Waals surface area contributed by atoms with Crippen molar-refractivity contribution in [2.24, 2.45) is 7.05 Å². The van der Waals surface area contributed by atoms with Crippen LogP contribution in [0.15, 0.2) is 30.7 Å². The van der Waals surface area contributed by atoms with Crippen molar-refractivity contribution >= 4 is 11.9 Å². The first-order valence-electron chi connectivity index (χ1n) is 6.29. The van der Waals surface area contributed by atoms with Crippen molar-refractivity contribution in [1.82, 2.24) is 19.7 Å². The second-order valence-electron chi connectivity index (χ2n) is 4.63. The van der Waals surface area contributed by atoms with Crippen LogP contribution < -0.4 is 5.32 Å². The Hall–Kier alpha value is -2.61. The maximum atomic E-state index is 12.2. The maximum Gasteiger partial charge on any atom is 0.328 e. The summed E-state index contributed by atoms with van der Waals surface area (Å²) < 4.78 is 3.20. The lowest BCUT2D eigenvalue weighted by atomic mass is 10.1. The van der Waals surface area contributed by atoms with Crippen molar-refractivity contribution in [1.29, 1.82) is 0 Å². The number of rotatable bonds is 5. The van der Waals surface area contributed by atoms with E-state index in [0.717, 1.165) is 0 Å². The first-order chi connectivity index (χ1) is 9.91. The van der Waals surface area contributed by atoms with E-state index in [4.69, 9.17) is 5.11 Å². The van der Waals surface area contributed by atoms with Gasteiger partial charge in [0.25, 0.3) is 5.91 Å². The topological polar surface area (TPSA) is 109 Å². The van der Waals surface area contributed by atoms with Crippen LogP contribution in [0.2, 0.25) is 0 Å². The predicted octanol–water partition coefficient (Wildman–Crippen LogP) is -0.225. The number of aryl methyl sites for hydroxylation is 1. The van der Waals surface area contributed by atoms with Gasteiger partial charge in [0.05, 0.1) is 12.3 Å². The Morgan fingerprint density at radius 1 is 1.33 bits per heavy atom. The number of nitrogens with one attached hydrogen (secondary N) is 1. The summed E-state index contributed by atoms with van der Waals surface area (Å²) in [5.74, 6) is -1.41. The van der Waals surface area contributed by atoms with Crippen molar-refractivity contribution < 1.29 is 19.8 Å². The molecular formula is C13H16N4O4. The van der Waals surface area contributed by atoms with Crippen LogP contribution in [0.5, 0.6) is 0 Å². The zero-order chi connectivity index (χ0) is 15.6. The van der Waals surface area contributed by atoms with Gasteiger partial charge in [0, 0.05) is 19.4 Å². The fraction of sp³-hybridized carbons (Fsp3) is 0.308. The molecule has 0 bridgehead atoms. The van der Waals surface area contributed by atoms with Gasteiger partial charge in [-0.3, -0.25) is 9.48 Å². The minimum absolute atomic E-state index is 0.223. The second kappa shape index (κ2) is 5.80. The number of carboxylic acids is 1. The van der Waals surface area contributed by atoms with E-state index in [-0.39, 0.29) is 5.56 Å². The third-order valence-corrected chi connectivity index (χ3v) is 3.04. The Balaban J connectivity index is 2.31. The van der Waals surface area contributed by atoms with Crippen LogP contribution in [0.1, 0.15) is 17.3 Å². The lowest BCUT2D eigenvalue weighted by Gasteiger charge is -2.17. The molecule has 2 aromatic heterocycles. The molecule has 2 aromatic rings. The zero-order valence-electron chi connectivity index (χ0n) is 11.6. The number of carbonyl (C=O) groups excluding carboxylic acids is 1. The molecule has 2 heterocycles. The fourth-order valence-corrected chi connectivity index (χ4v) is 1.98. The highest BCUT2D eigenvalue weighted by molar-refractivity contribution is 5.99. The van der Waals surface area contributed by atoms with Crippen LogP contribution >= 0.6 is 0 Å². The molecule has 1 amide bonds. The molecule has 0 aliphatic heterocycles. The number of hydrogen-bond donors (Lipinski definition) is 3. The van der Waals surface area contributed by atoms with E-state index in [1.165, 1.54) is 17.8 Å². The number of carboxylic acid groups (broad SMARTS) is 1. The molecule has 2 atom stereocenters. The van der Waals surface area contributed by atoms with Crippen LogP contribution in [0.25, 0.3) is 5.82 Å². The third kappa shape index (κ3) is 2.95. The van der Waals surface area contributed by atoms with Crippen molar-refractivity contribution in [2.45, 2.75) is 19.1 Å². The lowest BCUT2D eigenvalue weighted by Crippen LogP contribution is -2.47. The average molecular weight is 292 g/mol. The number of aliphatic carboxylic acids is 1. The lowest BCUT2D eigenvalue weighted by molar-refractivity contribution is -0.141. The van der Waals surface area contributed by atoms with E-state index in [2.05, 4.69) is 10.4 Å². The minimum atomic E-state index is -1.38. The van der Waals surface area contributed by atoms with Gasteiger partial charge in [0.1, 0.15) is 11.4 Å². The van der Waals surface area contributed by atoms with Crippen LogP contribution in [0.3, 0.4) is 0 Å². The second-order valence-corrected chi connectivity index (χ2v) is 4.63. The van der Waals surface area contributed by atoms with E-state index < -0.39 is 24.0 Å². The Morgan fingerprint density at radius 3 is 2.48 bits per heavy atom. The Labute approximate surface area is 120 Å². The molecule has 0 saturated carbocycles. The summed E-state index contributed by atoms with van der Waals surface area (Å²) in [6.07, 6.45) is 3.64. The largest absolute Gasteiger partial charge is 0.480 e. The number of carbonyl (C=O) groups is 2. The van der Waals surface area contributed by atoms with Gasteiger partial charge in [-0.15, -0.1) is 0 Å². The summed E-state index contributed by atoms with van der Waals surface area (Å²) in [5.41, 5.74) is 0.223.